The second kappa shape index (κ2) is 57.9. The van der Waals surface area contributed by atoms with E-state index in [-0.39, 0.29) is 0 Å². The van der Waals surface area contributed by atoms with Gasteiger partial charge in [0.1, 0.15) is 0 Å². The van der Waals surface area contributed by atoms with Crippen LogP contribution < -0.4 is 0 Å². The molecule has 1 heteroatoms. The SMILES string of the molecule is C1=CC2C3CCC(C3)C2C1.C1C2CC3CC1CC3C2.C1CC2CC3CC1CC(C2)C3.C1CC2CCC1CC2.C1CC2CCCC(C1)C2.C1CC2CCCC(C1)C2.C1CCC2(CC1)CCCC2.C1CCC2CC2C1.C1CN2CCC1CC2.CC.CC.CC.CC.CC.CC.CC.CC.CC.CC12CC3CC(CC(C3)C1)C2.CC1C2CC3CC(C2)CC1C3. The second-order valence-electron chi connectivity index (χ2n) is 46.4. The van der Waals surface area contributed by atoms with Gasteiger partial charge in [0, 0.05) is 0 Å². The average Bonchev–Trinajstić information content (AvgIpc) is 1.65. The molecule has 26 bridgehead atoms. The van der Waals surface area contributed by atoms with Crippen molar-refractivity contribution in [3.8, 4) is 0 Å². The lowest BCUT2D eigenvalue weighted by atomic mass is 9.50. The summed E-state index contributed by atoms with van der Waals surface area (Å²) in [4.78, 5) is 2.58. The average molecular weight is 1680 g/mol. The number of hydrogen-bond acceptors (Lipinski definition) is 1. The molecule has 32 fully saturated rings. The summed E-state index contributed by atoms with van der Waals surface area (Å²) in [6.45, 7) is 45.2. The van der Waals surface area contributed by atoms with E-state index in [1.807, 2.05) is 125 Å². The molecule has 0 amide bonds. The van der Waals surface area contributed by atoms with E-state index in [1.54, 1.807) is 308 Å². The first kappa shape index (κ1) is 106. The van der Waals surface area contributed by atoms with Gasteiger partial charge in [-0.25, -0.2) is 0 Å². The van der Waals surface area contributed by atoms with Gasteiger partial charge in [-0.05, 0) is 427 Å². The van der Waals surface area contributed by atoms with Crippen molar-refractivity contribution in [2.45, 2.75) is 549 Å². The van der Waals surface area contributed by atoms with Gasteiger partial charge in [0.05, 0.1) is 0 Å². The van der Waals surface area contributed by atoms with Crippen LogP contribution in [-0.2, 0) is 0 Å². The Kier molecular flexibility index (Phi) is 50.7. The van der Waals surface area contributed by atoms with E-state index in [0.717, 1.165) is 135 Å². The van der Waals surface area contributed by atoms with Crippen molar-refractivity contribution in [2.75, 3.05) is 19.6 Å². The number of rotatable bonds is 0. The number of hydrogen-bond donors (Lipinski definition) is 0. The van der Waals surface area contributed by atoms with Crippen molar-refractivity contribution in [3.63, 3.8) is 0 Å². The van der Waals surface area contributed by atoms with Crippen LogP contribution >= 0.6 is 0 Å². The zero-order chi connectivity index (χ0) is 87.1. The molecular weight excluding hydrogens is 1460 g/mol. The number of piperidine rings is 3. The van der Waals surface area contributed by atoms with Crippen molar-refractivity contribution in [3.05, 3.63) is 12.2 Å². The molecular formula is C120H225N. The van der Waals surface area contributed by atoms with Crippen LogP contribution in [0.25, 0.3) is 0 Å². The maximum atomic E-state index is 2.58. The second-order valence-corrected chi connectivity index (χ2v) is 46.4. The minimum absolute atomic E-state index is 0.800. The maximum Gasteiger partial charge on any atom is -0.00161 e. The Morgan fingerprint density at radius 3 is 0.793 bits per heavy atom. The number of nitrogens with zero attached hydrogens (tertiary/aromatic N) is 1. The van der Waals surface area contributed by atoms with E-state index in [4.69, 9.17) is 0 Å². The molecule has 3 heterocycles. The third kappa shape index (κ3) is 32.8. The Bertz CT molecular complexity index is 2270. The van der Waals surface area contributed by atoms with E-state index < -0.39 is 0 Å². The first-order chi connectivity index (χ1) is 59.5. The Morgan fingerprint density at radius 2 is 0.496 bits per heavy atom. The molecule has 33 rings (SSSR count). The molecule has 6 unspecified atom stereocenters. The molecule has 30 aliphatic carbocycles. The number of allylic oxidation sites excluding steroid dienone is 2. The Labute approximate surface area is 763 Å². The maximum absolute atomic E-state index is 2.58. The third-order valence-corrected chi connectivity index (χ3v) is 39.0. The summed E-state index contributed by atoms with van der Waals surface area (Å²) in [5.41, 5.74) is 1.67. The summed E-state index contributed by atoms with van der Waals surface area (Å²) in [6, 6.07) is 0. The number of fused-ring (bicyclic) bond motifs is 17. The van der Waals surface area contributed by atoms with Crippen LogP contribution in [-0.4, -0.2) is 24.5 Å². The van der Waals surface area contributed by atoms with Gasteiger partial charge in [-0.3, -0.25) is 0 Å². The summed E-state index contributed by atoms with van der Waals surface area (Å²) in [5, 5.41) is 0. The molecule has 0 aromatic heterocycles. The fraction of sp³-hybridized carbons (Fsp3) is 0.983. The molecule has 0 N–H and O–H groups in total. The van der Waals surface area contributed by atoms with E-state index in [1.165, 1.54) is 170 Å². The molecule has 0 aromatic rings. The summed E-state index contributed by atoms with van der Waals surface area (Å²) in [7, 11) is 0. The van der Waals surface area contributed by atoms with Gasteiger partial charge in [0.2, 0.25) is 0 Å². The normalized spacial score (nSPS) is 43.2. The molecule has 0 radical (unpaired) electrons. The molecule has 710 valence electrons. The molecule has 0 aromatic carbocycles. The molecule has 1 spiro atoms. The van der Waals surface area contributed by atoms with Crippen molar-refractivity contribution in [1.29, 1.82) is 0 Å². The highest BCUT2D eigenvalue weighted by Crippen LogP contribution is 2.62. The van der Waals surface area contributed by atoms with Gasteiger partial charge in [0.25, 0.3) is 0 Å². The predicted molar refractivity (Wildman–Crippen MR) is 541 cm³/mol. The Balaban J connectivity index is 0.000000163. The predicted octanol–water partition coefficient (Wildman–Crippen LogP) is 39.2. The zero-order valence-corrected chi connectivity index (χ0v) is 86.7. The van der Waals surface area contributed by atoms with Crippen LogP contribution in [0.5, 0.6) is 0 Å². The first-order valence-electron chi connectivity index (χ1n) is 58.9. The van der Waals surface area contributed by atoms with Gasteiger partial charge in [-0.2, -0.15) is 0 Å². The van der Waals surface area contributed by atoms with Gasteiger partial charge >= 0.3 is 0 Å². The van der Waals surface area contributed by atoms with Gasteiger partial charge in [-0.15, -0.1) is 0 Å². The van der Waals surface area contributed by atoms with Crippen molar-refractivity contribution in [2.24, 2.45) is 182 Å². The van der Waals surface area contributed by atoms with E-state index in [2.05, 4.69) is 30.9 Å². The first-order valence-corrected chi connectivity index (χ1v) is 58.9. The molecule has 3 saturated heterocycles. The summed E-state index contributed by atoms with van der Waals surface area (Å²) in [5.74, 6) is 33.3. The standard InChI is InChI=1S/3C11H18.C10H14.C10H18.C9H14.2C9H16.C8H14.C7H13N.C7H12.9C2H6/c1-11-5-8-2-9(6-11)4-10(3-8)7-11;1-7-10-3-8-2-9(5-10)6-11(7)4-8;1-2-9-5-10-3-8(1)4-11(6-9)7-10;1-2-9-7-4-5-8(6-7)10(9)3-1;1-2-6-10(7-3-1)8-4-5-9-10;1-6-2-8-4-7(1)5-9(8)3-6;2*1-3-8-5-2-6-9(4-1)7-8;1-2-8-5-3-7(1)4-6-8;1-4-8-5-2-7(1)3-6-8;1-2-4-7-5-6(7)3-1;9*1-2/h8-10H,2-7H2,1H3;7-11H,2-6H2,1H3;8-11H,1-7H2;1-2,7-10H,3-6H2;1-9H2;6-9H,1-5H2;2*8-9H,1-7H2;7-8H,1-6H2;7H,1-6H2;6-7H,1-5H2;9*1-2H3. The van der Waals surface area contributed by atoms with Gasteiger partial charge < -0.3 is 4.90 Å². The largest absolute Gasteiger partial charge is 0.303 e. The molecule has 33 aliphatic rings. The minimum atomic E-state index is 0.800. The Morgan fingerprint density at radius 1 is 0.215 bits per heavy atom. The van der Waals surface area contributed by atoms with Crippen molar-refractivity contribution < 1.29 is 0 Å². The van der Waals surface area contributed by atoms with Crippen LogP contribution in [0.1, 0.15) is 549 Å². The smallest absolute Gasteiger partial charge is 0.00161 e. The lowest BCUT2D eigenvalue weighted by molar-refractivity contribution is -0.0411. The van der Waals surface area contributed by atoms with Crippen LogP contribution in [0.4, 0.5) is 0 Å². The van der Waals surface area contributed by atoms with Gasteiger partial charge in [-0.1, -0.05) is 337 Å². The molecule has 121 heavy (non-hydrogen) atoms. The highest BCUT2D eigenvalue weighted by atomic mass is 15.1. The van der Waals surface area contributed by atoms with Crippen LogP contribution in [0.15, 0.2) is 12.2 Å². The summed E-state index contributed by atoms with van der Waals surface area (Å²) < 4.78 is 0. The summed E-state index contributed by atoms with van der Waals surface area (Å²) in [6.07, 6.45) is 105. The Hall–Kier alpha value is -0.300. The fourth-order valence-corrected chi connectivity index (χ4v) is 34.2. The minimum Gasteiger partial charge on any atom is -0.303 e. The third-order valence-electron chi connectivity index (χ3n) is 39.0. The topological polar surface area (TPSA) is 3.24 Å². The monoisotopic (exact) mass is 1680 g/mol. The van der Waals surface area contributed by atoms with Gasteiger partial charge in [0.15, 0.2) is 0 Å². The molecule has 6 atom stereocenters. The van der Waals surface area contributed by atoms with Crippen LogP contribution in [0.3, 0.4) is 0 Å². The van der Waals surface area contributed by atoms with E-state index in [9.17, 15) is 0 Å². The molecule has 1 nitrogen and oxygen atoms in total. The zero-order valence-electron chi connectivity index (χ0n) is 86.7. The van der Waals surface area contributed by atoms with E-state index in [0.29, 0.717) is 0 Å². The molecule has 3 aliphatic heterocycles. The van der Waals surface area contributed by atoms with Crippen molar-refractivity contribution >= 4 is 0 Å². The van der Waals surface area contributed by atoms with Crippen LogP contribution in [0.2, 0.25) is 0 Å². The summed E-state index contributed by atoms with van der Waals surface area (Å²) >= 11 is 0. The van der Waals surface area contributed by atoms with E-state index >= 15 is 0 Å². The fourth-order valence-electron chi connectivity index (χ4n) is 34.2. The van der Waals surface area contributed by atoms with Crippen molar-refractivity contribution in [1.82, 2.24) is 4.90 Å². The highest BCUT2D eigenvalue weighted by Gasteiger charge is 2.51. The quantitative estimate of drug-likeness (QED) is 0.219. The lowest BCUT2D eigenvalue weighted by Crippen LogP contribution is -2.44. The molecule has 29 saturated carbocycles. The lowest BCUT2D eigenvalue weighted by Gasteiger charge is -2.55. The highest BCUT2D eigenvalue weighted by molar-refractivity contribution is 5.12. The van der Waals surface area contributed by atoms with Crippen LogP contribution in [0, 0.1) is 182 Å².